The molecule has 2 aromatic rings. The molecular weight excluding hydrogens is 295 g/mol. The average molecular weight is 304 g/mol. The van der Waals surface area contributed by atoms with Gasteiger partial charge >= 0.3 is 0 Å². The minimum atomic E-state index is 0.950. The lowest BCUT2D eigenvalue weighted by atomic mass is 10.3. The molecule has 2 nitrogen and oxygen atoms in total. The summed E-state index contributed by atoms with van der Waals surface area (Å²) in [5.74, 6) is 0. The van der Waals surface area contributed by atoms with Crippen LogP contribution in [0.2, 0.25) is 0 Å². The van der Waals surface area contributed by atoms with Crippen molar-refractivity contribution in [3.05, 3.63) is 21.2 Å². The van der Waals surface area contributed by atoms with Crippen LogP contribution in [-0.2, 0) is 0 Å². The van der Waals surface area contributed by atoms with Crippen molar-refractivity contribution in [1.29, 1.82) is 0 Å². The zero-order valence-corrected chi connectivity index (χ0v) is 10.1. The van der Waals surface area contributed by atoms with Crippen LogP contribution in [0, 0.1) is 3.57 Å². The normalized spacial score (nSPS) is 10.6. The summed E-state index contributed by atoms with van der Waals surface area (Å²) in [5, 5.41) is 3.31. The van der Waals surface area contributed by atoms with E-state index in [-0.39, 0.29) is 0 Å². The highest BCUT2D eigenvalue weighted by Gasteiger charge is 2.05. The molecule has 0 saturated carbocycles. The van der Waals surface area contributed by atoms with Gasteiger partial charge in [0.15, 0.2) is 0 Å². The molecule has 0 radical (unpaired) electrons. The van der Waals surface area contributed by atoms with Crippen LogP contribution < -0.4 is 5.32 Å². The number of hydrogen-bond donors (Lipinski definition) is 1. The standard InChI is InChI=1S/C9H9IN2S/c1-2-11-6-3-4-7-9(8(6)10)12-5-13-7/h3-5,11H,2H2,1H3. The van der Waals surface area contributed by atoms with Crippen LogP contribution in [0.15, 0.2) is 17.6 Å². The number of nitrogens with zero attached hydrogens (tertiary/aromatic N) is 1. The fourth-order valence-corrected chi connectivity index (χ4v) is 2.89. The van der Waals surface area contributed by atoms with Gasteiger partial charge in [-0.15, -0.1) is 11.3 Å². The van der Waals surface area contributed by atoms with Gasteiger partial charge in [-0.1, -0.05) is 0 Å². The molecule has 1 N–H and O–H groups in total. The fraction of sp³-hybridized carbons (Fsp3) is 0.222. The van der Waals surface area contributed by atoms with E-state index in [1.54, 1.807) is 11.3 Å². The molecule has 1 aromatic heterocycles. The SMILES string of the molecule is CCNc1ccc2scnc2c1I. The van der Waals surface area contributed by atoms with E-state index in [0.717, 1.165) is 12.1 Å². The third kappa shape index (κ3) is 1.65. The van der Waals surface area contributed by atoms with E-state index in [0.29, 0.717) is 0 Å². The van der Waals surface area contributed by atoms with Gasteiger partial charge in [-0.25, -0.2) is 4.98 Å². The first kappa shape index (κ1) is 9.21. The fourth-order valence-electron chi connectivity index (χ4n) is 1.23. The largest absolute Gasteiger partial charge is 0.384 e. The van der Waals surface area contributed by atoms with Gasteiger partial charge in [-0.2, -0.15) is 0 Å². The topological polar surface area (TPSA) is 24.9 Å². The van der Waals surface area contributed by atoms with Gasteiger partial charge in [0.2, 0.25) is 0 Å². The number of benzene rings is 1. The summed E-state index contributed by atoms with van der Waals surface area (Å²) in [6.07, 6.45) is 0. The van der Waals surface area contributed by atoms with E-state index in [4.69, 9.17) is 0 Å². The summed E-state index contributed by atoms with van der Waals surface area (Å²) >= 11 is 4.02. The Balaban J connectivity index is 2.59. The molecule has 2 rings (SSSR count). The minimum Gasteiger partial charge on any atom is -0.384 e. The monoisotopic (exact) mass is 304 g/mol. The van der Waals surface area contributed by atoms with Gasteiger partial charge in [0.05, 0.1) is 19.3 Å². The Labute approximate surface area is 94.5 Å². The van der Waals surface area contributed by atoms with Gasteiger partial charge in [-0.3, -0.25) is 0 Å². The number of hydrogen-bond acceptors (Lipinski definition) is 3. The van der Waals surface area contributed by atoms with Crippen molar-refractivity contribution in [3.63, 3.8) is 0 Å². The number of fused-ring (bicyclic) bond motifs is 1. The zero-order chi connectivity index (χ0) is 9.26. The van der Waals surface area contributed by atoms with Crippen molar-refractivity contribution >= 4 is 49.8 Å². The number of halogens is 1. The Bertz CT molecular complexity index is 424. The van der Waals surface area contributed by atoms with Crippen LogP contribution in [0.4, 0.5) is 5.69 Å². The Morgan fingerprint density at radius 2 is 2.38 bits per heavy atom. The van der Waals surface area contributed by atoms with E-state index in [2.05, 4.69) is 51.9 Å². The molecule has 1 heterocycles. The number of anilines is 1. The first-order valence-corrected chi connectivity index (χ1v) is 6.04. The van der Waals surface area contributed by atoms with E-state index < -0.39 is 0 Å². The van der Waals surface area contributed by atoms with Crippen LogP contribution in [0.5, 0.6) is 0 Å². The Morgan fingerprint density at radius 3 is 3.15 bits per heavy atom. The lowest BCUT2D eigenvalue weighted by Crippen LogP contribution is -1.98. The molecule has 0 aliphatic carbocycles. The predicted octanol–water partition coefficient (Wildman–Crippen LogP) is 3.33. The summed E-state index contributed by atoms with van der Waals surface area (Å²) in [4.78, 5) is 4.33. The highest BCUT2D eigenvalue weighted by atomic mass is 127. The maximum atomic E-state index is 4.33. The smallest absolute Gasteiger partial charge is 0.0966 e. The van der Waals surface area contributed by atoms with Crippen molar-refractivity contribution in [3.8, 4) is 0 Å². The third-order valence-electron chi connectivity index (χ3n) is 1.81. The summed E-state index contributed by atoms with van der Waals surface area (Å²) < 4.78 is 2.48. The molecule has 0 aliphatic rings. The minimum absolute atomic E-state index is 0.950. The first-order chi connectivity index (χ1) is 6.33. The Hall–Kier alpha value is -0.360. The van der Waals surface area contributed by atoms with Crippen molar-refractivity contribution in [1.82, 2.24) is 4.98 Å². The molecule has 0 fully saturated rings. The molecule has 68 valence electrons. The van der Waals surface area contributed by atoms with Gasteiger partial charge in [-0.05, 0) is 41.6 Å². The number of aromatic nitrogens is 1. The second-order valence-electron chi connectivity index (χ2n) is 2.66. The van der Waals surface area contributed by atoms with Gasteiger partial charge in [0.25, 0.3) is 0 Å². The van der Waals surface area contributed by atoms with Crippen molar-refractivity contribution in [2.75, 3.05) is 11.9 Å². The van der Waals surface area contributed by atoms with E-state index in [9.17, 15) is 0 Å². The lowest BCUT2D eigenvalue weighted by Gasteiger charge is -2.05. The second kappa shape index (κ2) is 3.79. The van der Waals surface area contributed by atoms with Crippen molar-refractivity contribution in [2.24, 2.45) is 0 Å². The Kier molecular flexibility index (Phi) is 2.69. The zero-order valence-electron chi connectivity index (χ0n) is 7.17. The Morgan fingerprint density at radius 1 is 1.54 bits per heavy atom. The molecule has 0 spiro atoms. The molecule has 0 atom stereocenters. The van der Waals surface area contributed by atoms with Crippen LogP contribution in [0.1, 0.15) is 6.92 Å². The van der Waals surface area contributed by atoms with Gasteiger partial charge < -0.3 is 5.32 Å². The van der Waals surface area contributed by atoms with Crippen LogP contribution in [-0.4, -0.2) is 11.5 Å². The number of rotatable bonds is 2. The maximum absolute atomic E-state index is 4.33. The van der Waals surface area contributed by atoms with Crippen molar-refractivity contribution in [2.45, 2.75) is 6.92 Å². The van der Waals surface area contributed by atoms with Crippen LogP contribution in [0.3, 0.4) is 0 Å². The van der Waals surface area contributed by atoms with Crippen LogP contribution >= 0.6 is 33.9 Å². The molecule has 0 saturated heterocycles. The van der Waals surface area contributed by atoms with Gasteiger partial charge in [0.1, 0.15) is 0 Å². The molecule has 1 aromatic carbocycles. The molecule has 13 heavy (non-hydrogen) atoms. The summed E-state index contributed by atoms with van der Waals surface area (Å²) in [6, 6.07) is 4.24. The van der Waals surface area contributed by atoms with Crippen LogP contribution in [0.25, 0.3) is 10.2 Å². The third-order valence-corrected chi connectivity index (χ3v) is 3.69. The molecule has 0 bridgehead atoms. The molecular formula is C9H9IN2S. The van der Waals surface area contributed by atoms with E-state index in [1.807, 2.05) is 5.51 Å². The summed E-state index contributed by atoms with van der Waals surface area (Å²) in [7, 11) is 0. The number of thiazole rings is 1. The van der Waals surface area contributed by atoms with Crippen molar-refractivity contribution < 1.29 is 0 Å². The predicted molar refractivity (Wildman–Crippen MR) is 66.5 cm³/mol. The molecule has 4 heteroatoms. The highest BCUT2D eigenvalue weighted by molar-refractivity contribution is 14.1. The lowest BCUT2D eigenvalue weighted by molar-refractivity contribution is 1.21. The second-order valence-corrected chi connectivity index (χ2v) is 4.62. The number of nitrogens with one attached hydrogen (secondary N) is 1. The maximum Gasteiger partial charge on any atom is 0.0966 e. The molecule has 0 unspecified atom stereocenters. The average Bonchev–Trinajstić information content (AvgIpc) is 2.58. The quantitative estimate of drug-likeness (QED) is 0.861. The molecule has 0 amide bonds. The van der Waals surface area contributed by atoms with Gasteiger partial charge in [0, 0.05) is 12.2 Å². The van der Waals surface area contributed by atoms with E-state index >= 15 is 0 Å². The first-order valence-electron chi connectivity index (χ1n) is 4.08. The highest BCUT2D eigenvalue weighted by Crippen LogP contribution is 2.28. The summed E-state index contributed by atoms with van der Waals surface area (Å²) in [6.45, 7) is 3.05. The summed E-state index contributed by atoms with van der Waals surface area (Å²) in [5.41, 5.74) is 4.19. The van der Waals surface area contributed by atoms with E-state index in [1.165, 1.54) is 14.0 Å². The molecule has 0 aliphatic heterocycles.